The van der Waals surface area contributed by atoms with E-state index in [0.717, 1.165) is 32.7 Å². The second-order valence-corrected chi connectivity index (χ2v) is 9.14. The van der Waals surface area contributed by atoms with Crippen molar-refractivity contribution < 1.29 is 18.9 Å². The van der Waals surface area contributed by atoms with Gasteiger partial charge in [-0.2, -0.15) is 5.26 Å². The highest BCUT2D eigenvalue weighted by atomic mass is 35.5. The fraction of sp³-hybridized carbons (Fsp3) is 0.385. The zero-order chi connectivity index (χ0) is 26.2. The van der Waals surface area contributed by atoms with E-state index >= 15 is 0 Å². The van der Waals surface area contributed by atoms with E-state index in [1.807, 2.05) is 0 Å². The minimum atomic E-state index is 0.339. The Labute approximate surface area is 226 Å². The standard InChI is InChI=1S/C26H29Cl2N5O4/c1-34-23-14-22(19(27)12-20(23)28)32-26-17(15-29)16-31-21-13-25(24(35-2)11-18(21)26)37-10-9-36-8-7-33-5-3-30-4-6-33/h11-14,16,30H,3-10H2,1-2H3,(H,31,32). The Bertz CT molecular complexity index is 1280. The molecule has 0 aliphatic carbocycles. The molecule has 0 radical (unpaired) electrons. The number of halogens is 2. The van der Waals surface area contributed by atoms with Gasteiger partial charge in [-0.25, -0.2) is 0 Å². The van der Waals surface area contributed by atoms with Crippen LogP contribution in [0.3, 0.4) is 0 Å². The third kappa shape index (κ3) is 6.66. The molecule has 1 fully saturated rings. The SMILES string of the molecule is COc1cc(Nc2c(C#N)cnc3cc(OCCOCCN4CCNCC4)c(OC)cc23)c(Cl)cc1Cl. The number of hydrogen-bond acceptors (Lipinski definition) is 9. The number of ether oxygens (including phenoxy) is 4. The molecule has 196 valence electrons. The van der Waals surface area contributed by atoms with Crippen LogP contribution in [-0.2, 0) is 4.74 Å². The molecule has 3 aromatic rings. The molecule has 0 amide bonds. The molecule has 0 saturated carbocycles. The first-order valence-electron chi connectivity index (χ1n) is 11.9. The van der Waals surface area contributed by atoms with E-state index < -0.39 is 0 Å². The molecule has 0 unspecified atom stereocenters. The summed E-state index contributed by atoms with van der Waals surface area (Å²) in [5.41, 5.74) is 2.02. The van der Waals surface area contributed by atoms with E-state index in [9.17, 15) is 5.26 Å². The summed E-state index contributed by atoms with van der Waals surface area (Å²) in [5, 5.41) is 17.8. The Morgan fingerprint density at radius 2 is 1.78 bits per heavy atom. The Morgan fingerprint density at radius 1 is 1.00 bits per heavy atom. The van der Waals surface area contributed by atoms with E-state index in [4.69, 9.17) is 42.1 Å². The lowest BCUT2D eigenvalue weighted by atomic mass is 10.1. The number of methoxy groups -OCH3 is 2. The molecule has 1 aromatic heterocycles. The van der Waals surface area contributed by atoms with Crippen molar-refractivity contribution in [3.05, 3.63) is 46.1 Å². The van der Waals surface area contributed by atoms with Crippen LogP contribution in [0.15, 0.2) is 30.5 Å². The van der Waals surface area contributed by atoms with Crippen LogP contribution in [-0.4, -0.2) is 76.6 Å². The number of benzene rings is 2. The summed E-state index contributed by atoms with van der Waals surface area (Å²) in [7, 11) is 3.08. The van der Waals surface area contributed by atoms with E-state index in [1.54, 1.807) is 31.4 Å². The monoisotopic (exact) mass is 545 g/mol. The fourth-order valence-corrected chi connectivity index (χ4v) is 4.56. The van der Waals surface area contributed by atoms with Crippen molar-refractivity contribution in [2.75, 3.05) is 72.1 Å². The van der Waals surface area contributed by atoms with Crippen molar-refractivity contribution >= 4 is 45.5 Å². The summed E-state index contributed by atoms with van der Waals surface area (Å²) in [4.78, 5) is 6.83. The lowest BCUT2D eigenvalue weighted by Crippen LogP contribution is -2.44. The van der Waals surface area contributed by atoms with Crippen LogP contribution in [0.25, 0.3) is 10.9 Å². The van der Waals surface area contributed by atoms with E-state index in [0.29, 0.717) is 75.0 Å². The summed E-state index contributed by atoms with van der Waals surface area (Å²) in [5.74, 6) is 1.50. The summed E-state index contributed by atoms with van der Waals surface area (Å²) in [6, 6.07) is 9.00. The van der Waals surface area contributed by atoms with Crippen LogP contribution in [0.4, 0.5) is 11.4 Å². The van der Waals surface area contributed by atoms with Gasteiger partial charge in [-0.05, 0) is 12.1 Å². The predicted molar refractivity (Wildman–Crippen MR) is 145 cm³/mol. The maximum Gasteiger partial charge on any atom is 0.163 e. The van der Waals surface area contributed by atoms with Crippen LogP contribution < -0.4 is 24.8 Å². The highest BCUT2D eigenvalue weighted by Gasteiger charge is 2.17. The average molecular weight is 546 g/mol. The second kappa shape index (κ2) is 13.0. The first-order chi connectivity index (χ1) is 18.0. The summed E-state index contributed by atoms with van der Waals surface area (Å²) in [6.07, 6.45) is 1.50. The number of aromatic nitrogens is 1. The summed E-state index contributed by atoms with van der Waals surface area (Å²) in [6.45, 7) is 6.52. The molecule has 2 aromatic carbocycles. The maximum atomic E-state index is 9.74. The number of pyridine rings is 1. The highest BCUT2D eigenvalue weighted by Crippen LogP contribution is 2.40. The quantitative estimate of drug-likeness (QED) is 0.337. The lowest BCUT2D eigenvalue weighted by molar-refractivity contribution is 0.0761. The zero-order valence-electron chi connectivity index (χ0n) is 20.8. The average Bonchev–Trinajstić information content (AvgIpc) is 2.92. The number of nitriles is 1. The number of rotatable bonds is 11. The number of hydrogen-bond donors (Lipinski definition) is 2. The van der Waals surface area contributed by atoms with Crippen LogP contribution >= 0.6 is 23.2 Å². The van der Waals surface area contributed by atoms with E-state index in [1.165, 1.54) is 13.3 Å². The molecule has 4 rings (SSSR count). The predicted octanol–water partition coefficient (Wildman–Crippen LogP) is 4.47. The van der Waals surface area contributed by atoms with Gasteiger partial charge < -0.3 is 29.6 Å². The third-order valence-corrected chi connectivity index (χ3v) is 6.63. The van der Waals surface area contributed by atoms with Gasteiger partial charge in [0.25, 0.3) is 0 Å². The lowest BCUT2D eigenvalue weighted by Gasteiger charge is -2.26. The third-order valence-electron chi connectivity index (χ3n) is 6.02. The van der Waals surface area contributed by atoms with Gasteiger partial charge in [0.05, 0.1) is 59.9 Å². The Kier molecular flexibility index (Phi) is 9.50. The first kappa shape index (κ1) is 27.0. The zero-order valence-corrected chi connectivity index (χ0v) is 22.3. The molecule has 0 atom stereocenters. The van der Waals surface area contributed by atoms with Crippen LogP contribution in [0.2, 0.25) is 10.0 Å². The van der Waals surface area contributed by atoms with Crippen molar-refractivity contribution in [2.24, 2.45) is 0 Å². The number of fused-ring (bicyclic) bond motifs is 1. The molecule has 9 nitrogen and oxygen atoms in total. The maximum absolute atomic E-state index is 9.74. The van der Waals surface area contributed by atoms with Crippen molar-refractivity contribution in [3.8, 4) is 23.3 Å². The molecule has 2 heterocycles. The number of piperazine rings is 1. The molecule has 1 saturated heterocycles. The Hall–Kier alpha value is -3.00. The van der Waals surface area contributed by atoms with Crippen molar-refractivity contribution in [1.82, 2.24) is 15.2 Å². The van der Waals surface area contributed by atoms with Gasteiger partial charge in [0.15, 0.2) is 11.5 Å². The first-order valence-corrected chi connectivity index (χ1v) is 12.6. The number of nitrogens with one attached hydrogen (secondary N) is 2. The van der Waals surface area contributed by atoms with E-state index in [-0.39, 0.29) is 0 Å². The van der Waals surface area contributed by atoms with Crippen LogP contribution in [0.5, 0.6) is 17.2 Å². The Morgan fingerprint density at radius 3 is 2.51 bits per heavy atom. The second-order valence-electron chi connectivity index (χ2n) is 8.32. The van der Waals surface area contributed by atoms with Crippen molar-refractivity contribution in [2.45, 2.75) is 0 Å². The van der Waals surface area contributed by atoms with Gasteiger partial charge in [0.1, 0.15) is 18.4 Å². The minimum absolute atomic E-state index is 0.339. The smallest absolute Gasteiger partial charge is 0.163 e. The fourth-order valence-electron chi connectivity index (χ4n) is 4.05. The van der Waals surface area contributed by atoms with E-state index in [2.05, 4.69) is 26.6 Å². The van der Waals surface area contributed by atoms with Gasteiger partial charge >= 0.3 is 0 Å². The molecule has 11 heteroatoms. The van der Waals surface area contributed by atoms with Crippen LogP contribution in [0, 0.1) is 11.3 Å². The highest BCUT2D eigenvalue weighted by molar-refractivity contribution is 6.37. The van der Waals surface area contributed by atoms with Gasteiger partial charge in [0, 0.05) is 56.4 Å². The van der Waals surface area contributed by atoms with Gasteiger partial charge in [-0.1, -0.05) is 23.2 Å². The summed E-state index contributed by atoms with van der Waals surface area (Å²) >= 11 is 12.6. The number of anilines is 2. The molecule has 1 aliphatic heterocycles. The van der Waals surface area contributed by atoms with Gasteiger partial charge in [-0.3, -0.25) is 9.88 Å². The molecule has 0 bridgehead atoms. The molecule has 0 spiro atoms. The van der Waals surface area contributed by atoms with Gasteiger partial charge in [0.2, 0.25) is 0 Å². The molecule has 37 heavy (non-hydrogen) atoms. The van der Waals surface area contributed by atoms with Crippen LogP contribution in [0.1, 0.15) is 5.56 Å². The molecule has 2 N–H and O–H groups in total. The normalized spacial score (nSPS) is 13.8. The van der Waals surface area contributed by atoms with Gasteiger partial charge in [-0.15, -0.1) is 0 Å². The molecular formula is C26H29Cl2N5O4. The molecular weight excluding hydrogens is 517 g/mol. The molecule has 1 aliphatic rings. The Balaban J connectivity index is 1.50. The summed E-state index contributed by atoms with van der Waals surface area (Å²) < 4.78 is 22.6. The van der Waals surface area contributed by atoms with Crippen molar-refractivity contribution in [3.63, 3.8) is 0 Å². The van der Waals surface area contributed by atoms with Crippen molar-refractivity contribution in [1.29, 1.82) is 5.26 Å². The topological polar surface area (TPSA) is 101 Å². The number of nitrogens with zero attached hydrogens (tertiary/aromatic N) is 3. The minimum Gasteiger partial charge on any atom is -0.495 e. The largest absolute Gasteiger partial charge is 0.495 e.